The summed E-state index contributed by atoms with van der Waals surface area (Å²) < 4.78 is 0. The van der Waals surface area contributed by atoms with E-state index in [1.54, 1.807) is 6.20 Å². The summed E-state index contributed by atoms with van der Waals surface area (Å²) in [6, 6.07) is 5.70. The predicted molar refractivity (Wildman–Crippen MR) is 81.8 cm³/mol. The number of ketones is 1. The number of nitrogens with one attached hydrogen (secondary N) is 1. The maximum Gasteiger partial charge on any atom is 0.206 e. The number of carbonyl (C=O) groups is 1. The van der Waals surface area contributed by atoms with Crippen LogP contribution in [0, 0.1) is 6.92 Å². The first-order chi connectivity index (χ1) is 9.77. The molecule has 0 saturated carbocycles. The molecular weight excluding hydrogens is 270 g/mol. The molecule has 2 aromatic heterocycles. The zero-order valence-corrected chi connectivity index (χ0v) is 12.2. The molecule has 3 rings (SSSR count). The number of aromatic nitrogens is 1. The summed E-state index contributed by atoms with van der Waals surface area (Å²) in [6.45, 7) is 5.62. The summed E-state index contributed by atoms with van der Waals surface area (Å²) in [7, 11) is 0. The Labute approximate surface area is 122 Å². The van der Waals surface area contributed by atoms with Crippen molar-refractivity contribution in [2.75, 3.05) is 31.1 Å². The summed E-state index contributed by atoms with van der Waals surface area (Å²) in [4.78, 5) is 20.2. The standard InChI is InChI=1S/C15H17N3OS/c1-11-4-10-20-14(11)13(19)12-3-2-5-17-15(12)18-8-6-16-7-9-18/h2-5,10,16H,6-9H2,1H3. The second kappa shape index (κ2) is 5.73. The molecule has 0 aliphatic carbocycles. The molecule has 0 spiro atoms. The molecule has 0 aromatic carbocycles. The van der Waals surface area contributed by atoms with E-state index in [1.165, 1.54) is 11.3 Å². The van der Waals surface area contributed by atoms with Gasteiger partial charge in [0, 0.05) is 32.4 Å². The Morgan fingerprint density at radius 2 is 2.15 bits per heavy atom. The number of hydrogen-bond acceptors (Lipinski definition) is 5. The van der Waals surface area contributed by atoms with E-state index in [9.17, 15) is 4.79 Å². The summed E-state index contributed by atoms with van der Waals surface area (Å²) in [5, 5.41) is 5.28. The highest BCUT2D eigenvalue weighted by atomic mass is 32.1. The van der Waals surface area contributed by atoms with Crippen molar-refractivity contribution in [3.05, 3.63) is 45.8 Å². The first kappa shape index (κ1) is 13.3. The number of nitrogens with zero attached hydrogens (tertiary/aromatic N) is 2. The van der Waals surface area contributed by atoms with Gasteiger partial charge in [0.1, 0.15) is 5.82 Å². The van der Waals surface area contributed by atoms with Gasteiger partial charge >= 0.3 is 0 Å². The monoisotopic (exact) mass is 287 g/mol. The van der Waals surface area contributed by atoms with Crippen molar-refractivity contribution in [3.8, 4) is 0 Å². The fraction of sp³-hybridized carbons (Fsp3) is 0.333. The van der Waals surface area contributed by atoms with Gasteiger partial charge < -0.3 is 10.2 Å². The van der Waals surface area contributed by atoms with E-state index in [4.69, 9.17) is 0 Å². The zero-order chi connectivity index (χ0) is 13.9. The first-order valence-corrected chi connectivity index (χ1v) is 7.65. The van der Waals surface area contributed by atoms with Crippen LogP contribution in [0.4, 0.5) is 5.82 Å². The van der Waals surface area contributed by atoms with Gasteiger partial charge in [-0.1, -0.05) is 0 Å². The van der Waals surface area contributed by atoms with Crippen molar-refractivity contribution in [2.24, 2.45) is 0 Å². The lowest BCUT2D eigenvalue weighted by molar-refractivity contribution is 0.104. The van der Waals surface area contributed by atoms with E-state index in [-0.39, 0.29) is 5.78 Å². The van der Waals surface area contributed by atoms with Gasteiger partial charge in [-0.2, -0.15) is 0 Å². The van der Waals surface area contributed by atoms with Gasteiger partial charge in [0.15, 0.2) is 0 Å². The Balaban J connectivity index is 1.97. The third-order valence-corrected chi connectivity index (χ3v) is 4.53. The van der Waals surface area contributed by atoms with Gasteiger partial charge in [-0.15, -0.1) is 11.3 Å². The smallest absolute Gasteiger partial charge is 0.206 e. The van der Waals surface area contributed by atoms with E-state index in [2.05, 4.69) is 15.2 Å². The average Bonchev–Trinajstić information content (AvgIpc) is 2.93. The molecule has 1 saturated heterocycles. The van der Waals surface area contributed by atoms with Crippen LogP contribution >= 0.6 is 11.3 Å². The largest absolute Gasteiger partial charge is 0.353 e. The van der Waals surface area contributed by atoms with Gasteiger partial charge in [-0.05, 0) is 36.1 Å². The molecule has 0 radical (unpaired) electrons. The maximum atomic E-state index is 12.7. The molecule has 1 fully saturated rings. The van der Waals surface area contributed by atoms with Gasteiger partial charge in [0.05, 0.1) is 10.4 Å². The second-order valence-electron chi connectivity index (χ2n) is 4.87. The van der Waals surface area contributed by atoms with Gasteiger partial charge in [0.25, 0.3) is 0 Å². The van der Waals surface area contributed by atoms with Crippen molar-refractivity contribution >= 4 is 22.9 Å². The van der Waals surface area contributed by atoms with Crippen LogP contribution in [-0.4, -0.2) is 36.9 Å². The van der Waals surface area contributed by atoms with Crippen LogP contribution in [0.25, 0.3) is 0 Å². The van der Waals surface area contributed by atoms with E-state index < -0.39 is 0 Å². The molecular formula is C15H17N3OS. The fourth-order valence-electron chi connectivity index (χ4n) is 2.43. The van der Waals surface area contributed by atoms with Crippen LogP contribution in [0.3, 0.4) is 0 Å². The van der Waals surface area contributed by atoms with Crippen molar-refractivity contribution < 1.29 is 4.79 Å². The van der Waals surface area contributed by atoms with Crippen LogP contribution in [0.1, 0.15) is 20.8 Å². The molecule has 2 aromatic rings. The number of rotatable bonds is 3. The van der Waals surface area contributed by atoms with E-state index >= 15 is 0 Å². The number of aryl methyl sites for hydroxylation is 1. The highest BCUT2D eigenvalue weighted by Crippen LogP contribution is 2.25. The Hall–Kier alpha value is -1.72. The topological polar surface area (TPSA) is 45.2 Å². The van der Waals surface area contributed by atoms with Crippen molar-refractivity contribution in [1.29, 1.82) is 0 Å². The number of pyridine rings is 1. The minimum atomic E-state index is 0.0825. The summed E-state index contributed by atoms with van der Waals surface area (Å²) in [5.74, 6) is 0.894. The van der Waals surface area contributed by atoms with Crippen LogP contribution in [0.2, 0.25) is 0 Å². The van der Waals surface area contributed by atoms with Crippen LogP contribution in [-0.2, 0) is 0 Å². The lowest BCUT2D eigenvalue weighted by Gasteiger charge is -2.29. The van der Waals surface area contributed by atoms with E-state index in [1.807, 2.05) is 30.5 Å². The third-order valence-electron chi connectivity index (χ3n) is 3.52. The average molecular weight is 287 g/mol. The van der Waals surface area contributed by atoms with Gasteiger partial charge in [-0.25, -0.2) is 4.98 Å². The number of anilines is 1. The normalized spacial score (nSPS) is 15.3. The number of hydrogen-bond donors (Lipinski definition) is 1. The highest BCUT2D eigenvalue weighted by molar-refractivity contribution is 7.12. The summed E-state index contributed by atoms with van der Waals surface area (Å²) in [6.07, 6.45) is 1.76. The molecule has 3 heterocycles. The molecule has 0 unspecified atom stereocenters. The lowest BCUT2D eigenvalue weighted by Crippen LogP contribution is -2.44. The maximum absolute atomic E-state index is 12.7. The number of thiophene rings is 1. The molecule has 1 N–H and O–H groups in total. The number of carbonyl (C=O) groups excluding carboxylic acids is 1. The molecule has 4 nitrogen and oxygen atoms in total. The van der Waals surface area contributed by atoms with E-state index in [0.29, 0.717) is 5.56 Å². The fourth-order valence-corrected chi connectivity index (χ4v) is 3.31. The molecule has 20 heavy (non-hydrogen) atoms. The summed E-state index contributed by atoms with van der Waals surface area (Å²) >= 11 is 1.50. The molecule has 0 bridgehead atoms. The van der Waals surface area contributed by atoms with Crippen molar-refractivity contribution in [2.45, 2.75) is 6.92 Å². The van der Waals surface area contributed by atoms with Crippen LogP contribution < -0.4 is 10.2 Å². The van der Waals surface area contributed by atoms with E-state index in [0.717, 1.165) is 42.4 Å². The predicted octanol–water partition coefficient (Wildman–Crippen LogP) is 2.09. The molecule has 104 valence electrons. The minimum absolute atomic E-state index is 0.0825. The van der Waals surface area contributed by atoms with Crippen LogP contribution in [0.15, 0.2) is 29.8 Å². The second-order valence-corrected chi connectivity index (χ2v) is 5.79. The van der Waals surface area contributed by atoms with Gasteiger partial charge in [0.2, 0.25) is 5.78 Å². The SMILES string of the molecule is Cc1ccsc1C(=O)c1cccnc1N1CCNCC1. The molecule has 1 aliphatic rings. The molecule has 0 amide bonds. The molecule has 1 aliphatic heterocycles. The summed E-state index contributed by atoms with van der Waals surface area (Å²) in [5.41, 5.74) is 1.75. The lowest BCUT2D eigenvalue weighted by atomic mass is 10.1. The Bertz CT molecular complexity index is 617. The van der Waals surface area contributed by atoms with Gasteiger partial charge in [-0.3, -0.25) is 4.79 Å². The Morgan fingerprint density at radius 3 is 2.85 bits per heavy atom. The minimum Gasteiger partial charge on any atom is -0.353 e. The number of piperazine rings is 1. The molecule has 0 atom stereocenters. The van der Waals surface area contributed by atoms with Crippen molar-refractivity contribution in [3.63, 3.8) is 0 Å². The zero-order valence-electron chi connectivity index (χ0n) is 11.4. The van der Waals surface area contributed by atoms with Crippen molar-refractivity contribution in [1.82, 2.24) is 10.3 Å². The molecule has 5 heteroatoms. The van der Waals surface area contributed by atoms with Crippen LogP contribution in [0.5, 0.6) is 0 Å². The Morgan fingerprint density at radius 1 is 1.35 bits per heavy atom. The third kappa shape index (κ3) is 2.46. The Kier molecular flexibility index (Phi) is 3.80. The highest BCUT2D eigenvalue weighted by Gasteiger charge is 2.21. The first-order valence-electron chi connectivity index (χ1n) is 6.77. The quantitative estimate of drug-likeness (QED) is 0.878.